The highest BCUT2D eigenvalue weighted by molar-refractivity contribution is 6.33. The van der Waals surface area contributed by atoms with E-state index in [1.165, 1.54) is 0 Å². The van der Waals surface area contributed by atoms with Crippen molar-refractivity contribution >= 4 is 45.7 Å². The highest BCUT2D eigenvalue weighted by Crippen LogP contribution is 2.39. The van der Waals surface area contributed by atoms with Crippen LogP contribution >= 0.6 is 11.6 Å². The summed E-state index contributed by atoms with van der Waals surface area (Å²) in [6.45, 7) is 2.11. The van der Waals surface area contributed by atoms with Crippen molar-refractivity contribution in [2.75, 3.05) is 7.11 Å². The maximum absolute atomic E-state index is 10.9. The van der Waals surface area contributed by atoms with Crippen molar-refractivity contribution in [3.63, 3.8) is 0 Å². The number of carboxylic acid groups (broad SMARTS) is 1. The lowest BCUT2D eigenvalue weighted by molar-refractivity contribution is -0.131. The summed E-state index contributed by atoms with van der Waals surface area (Å²) in [7, 11) is 1.62. The first-order valence-corrected chi connectivity index (χ1v) is 11.0. The van der Waals surface area contributed by atoms with Crippen LogP contribution in [0.3, 0.4) is 0 Å². The number of allylic oxidation sites excluding steroid dienone is 1. The molecule has 0 aliphatic carbocycles. The normalized spacial score (nSPS) is 12.2. The molecule has 0 radical (unpaired) electrons. The molecule has 0 bridgehead atoms. The predicted molar refractivity (Wildman–Crippen MR) is 136 cm³/mol. The number of hydrogen-bond acceptors (Lipinski definition) is 2. The summed E-state index contributed by atoms with van der Waals surface area (Å²) in [4.78, 5) is 14.4. The van der Waals surface area contributed by atoms with Crippen molar-refractivity contribution in [3.8, 4) is 5.75 Å². The summed E-state index contributed by atoms with van der Waals surface area (Å²) < 4.78 is 5.33. The minimum Gasteiger partial charge on any atom is -0.497 e. The standard InChI is InChI=1S/C28H24ClNO3/c1-3-22(23-14-13-21(33-2)17-24(23)29)28(26-16-20-6-4-5-7-25(20)30-26)19-11-8-18(9-12-19)10-15-27(31)32/h4-17,30H,3H2,1-2H3,(H,31,32)/b15-10+,28-22+. The second-order valence-corrected chi connectivity index (χ2v) is 8.02. The van der Waals surface area contributed by atoms with Gasteiger partial charge in [0.1, 0.15) is 5.75 Å². The molecule has 0 amide bonds. The van der Waals surface area contributed by atoms with Crippen LogP contribution in [-0.4, -0.2) is 23.2 Å². The van der Waals surface area contributed by atoms with Gasteiger partial charge in [0.15, 0.2) is 0 Å². The van der Waals surface area contributed by atoms with E-state index in [-0.39, 0.29) is 0 Å². The predicted octanol–water partition coefficient (Wildman–Crippen LogP) is 7.30. The number of H-pyrrole nitrogens is 1. The van der Waals surface area contributed by atoms with Crippen LogP contribution in [0, 0.1) is 0 Å². The van der Waals surface area contributed by atoms with Crippen LogP contribution in [0.4, 0.5) is 0 Å². The Morgan fingerprint density at radius 2 is 1.82 bits per heavy atom. The van der Waals surface area contributed by atoms with Crippen molar-refractivity contribution in [1.82, 2.24) is 4.98 Å². The van der Waals surface area contributed by atoms with Crippen LogP contribution in [0.1, 0.15) is 35.7 Å². The summed E-state index contributed by atoms with van der Waals surface area (Å²) in [6.07, 6.45) is 3.48. The fourth-order valence-corrected chi connectivity index (χ4v) is 4.28. The SMILES string of the molecule is CC/C(=C(/c1ccc(/C=C/C(=O)O)cc1)c1cc2ccccc2[nH]1)c1ccc(OC)cc1Cl. The van der Waals surface area contributed by atoms with Crippen molar-refractivity contribution in [2.45, 2.75) is 13.3 Å². The molecule has 1 aromatic heterocycles. The van der Waals surface area contributed by atoms with Gasteiger partial charge in [-0.1, -0.05) is 61.0 Å². The van der Waals surface area contributed by atoms with Crippen molar-refractivity contribution < 1.29 is 14.6 Å². The molecule has 0 fully saturated rings. The molecule has 0 saturated carbocycles. The third-order valence-corrected chi connectivity index (χ3v) is 5.89. The Labute approximate surface area is 197 Å². The second-order valence-electron chi connectivity index (χ2n) is 7.62. The van der Waals surface area contributed by atoms with Crippen molar-refractivity contribution in [2.24, 2.45) is 0 Å². The Morgan fingerprint density at radius 1 is 1.06 bits per heavy atom. The number of para-hydroxylation sites is 1. The number of carboxylic acids is 1. The number of fused-ring (bicyclic) bond motifs is 1. The number of carbonyl (C=O) groups is 1. The van der Waals surface area contributed by atoms with E-state index in [1.807, 2.05) is 54.6 Å². The minimum atomic E-state index is -0.972. The molecule has 4 aromatic rings. The summed E-state index contributed by atoms with van der Waals surface area (Å²) in [5.74, 6) is -0.263. The molecule has 5 heteroatoms. The molecule has 0 aliphatic rings. The van der Waals surface area contributed by atoms with Crippen molar-refractivity contribution in [3.05, 3.63) is 106 Å². The number of hydrogen-bond donors (Lipinski definition) is 2. The molecule has 0 atom stereocenters. The molecule has 0 unspecified atom stereocenters. The lowest BCUT2D eigenvalue weighted by Crippen LogP contribution is -1.97. The zero-order chi connectivity index (χ0) is 23.4. The minimum absolute atomic E-state index is 0.626. The van der Waals surface area contributed by atoms with E-state index in [1.54, 1.807) is 13.2 Å². The Hall–Kier alpha value is -3.76. The average molecular weight is 458 g/mol. The zero-order valence-electron chi connectivity index (χ0n) is 18.4. The Bertz CT molecular complexity index is 1330. The molecule has 0 aliphatic heterocycles. The van der Waals surface area contributed by atoms with E-state index >= 15 is 0 Å². The zero-order valence-corrected chi connectivity index (χ0v) is 19.2. The van der Waals surface area contributed by atoms with E-state index in [4.69, 9.17) is 21.4 Å². The van der Waals surface area contributed by atoms with Gasteiger partial charge in [-0.15, -0.1) is 0 Å². The number of nitrogens with one attached hydrogen (secondary N) is 1. The van der Waals surface area contributed by atoms with E-state index < -0.39 is 5.97 Å². The number of ether oxygens (including phenoxy) is 1. The summed E-state index contributed by atoms with van der Waals surface area (Å²) in [6, 6.07) is 23.9. The number of halogens is 1. The van der Waals surface area contributed by atoms with E-state index in [9.17, 15) is 4.79 Å². The number of benzene rings is 3. The molecule has 3 aromatic carbocycles. The van der Waals surface area contributed by atoms with Gasteiger partial charge in [-0.3, -0.25) is 0 Å². The van der Waals surface area contributed by atoms with Crippen LogP contribution < -0.4 is 4.74 Å². The van der Waals surface area contributed by atoms with Gasteiger partial charge < -0.3 is 14.8 Å². The number of aromatic nitrogens is 1. The maximum Gasteiger partial charge on any atom is 0.328 e. The fourth-order valence-electron chi connectivity index (χ4n) is 4.00. The summed E-state index contributed by atoms with van der Waals surface area (Å²) in [5.41, 5.74) is 6.98. The number of methoxy groups -OCH3 is 1. The third-order valence-electron chi connectivity index (χ3n) is 5.57. The van der Waals surface area contributed by atoms with Crippen LogP contribution in [0.25, 0.3) is 28.1 Å². The number of aromatic amines is 1. The highest BCUT2D eigenvalue weighted by Gasteiger charge is 2.17. The molecule has 4 rings (SSSR count). The van der Waals surface area contributed by atoms with Crippen LogP contribution in [-0.2, 0) is 4.79 Å². The van der Waals surface area contributed by atoms with E-state index in [2.05, 4.69) is 30.1 Å². The van der Waals surface area contributed by atoms with Crippen molar-refractivity contribution in [1.29, 1.82) is 0 Å². The van der Waals surface area contributed by atoms with Gasteiger partial charge in [-0.25, -0.2) is 4.79 Å². The Balaban J connectivity index is 1.93. The topological polar surface area (TPSA) is 62.3 Å². The third kappa shape index (κ3) is 4.86. The van der Waals surface area contributed by atoms with Gasteiger partial charge in [-0.2, -0.15) is 0 Å². The van der Waals surface area contributed by atoms with Gasteiger partial charge >= 0.3 is 5.97 Å². The number of rotatable bonds is 7. The smallest absolute Gasteiger partial charge is 0.328 e. The first-order chi connectivity index (χ1) is 16.0. The molecular formula is C28H24ClNO3. The molecule has 33 heavy (non-hydrogen) atoms. The summed E-state index contributed by atoms with van der Waals surface area (Å²) >= 11 is 6.69. The van der Waals surface area contributed by atoms with Gasteiger partial charge in [0.2, 0.25) is 0 Å². The van der Waals surface area contributed by atoms with Gasteiger partial charge in [0, 0.05) is 28.2 Å². The van der Waals surface area contributed by atoms with Crippen LogP contribution in [0.2, 0.25) is 5.02 Å². The van der Waals surface area contributed by atoms with E-state index in [0.29, 0.717) is 10.8 Å². The number of aliphatic carboxylic acids is 1. The first kappa shape index (κ1) is 22.4. The van der Waals surface area contributed by atoms with E-state index in [0.717, 1.165) is 56.9 Å². The van der Waals surface area contributed by atoms with Crippen LogP contribution in [0.5, 0.6) is 5.75 Å². The molecule has 1 heterocycles. The molecule has 0 saturated heterocycles. The van der Waals surface area contributed by atoms with Gasteiger partial charge in [0.05, 0.1) is 12.1 Å². The molecule has 0 spiro atoms. The molecule has 2 N–H and O–H groups in total. The lowest BCUT2D eigenvalue weighted by Gasteiger charge is -2.17. The second kappa shape index (κ2) is 9.80. The quantitative estimate of drug-likeness (QED) is 0.226. The largest absolute Gasteiger partial charge is 0.497 e. The van der Waals surface area contributed by atoms with Gasteiger partial charge in [-0.05, 0) is 65.1 Å². The fraction of sp³-hybridized carbons (Fsp3) is 0.107. The first-order valence-electron chi connectivity index (χ1n) is 10.7. The highest BCUT2D eigenvalue weighted by atomic mass is 35.5. The van der Waals surface area contributed by atoms with Gasteiger partial charge in [0.25, 0.3) is 0 Å². The molecule has 4 nitrogen and oxygen atoms in total. The maximum atomic E-state index is 10.9. The summed E-state index contributed by atoms with van der Waals surface area (Å²) in [5, 5.41) is 10.7. The molecular weight excluding hydrogens is 434 g/mol. The Morgan fingerprint density at radius 3 is 2.45 bits per heavy atom. The van der Waals surface area contributed by atoms with Crippen LogP contribution in [0.15, 0.2) is 78.9 Å². The monoisotopic (exact) mass is 457 g/mol. The molecule has 166 valence electrons. The lowest BCUT2D eigenvalue weighted by atomic mass is 9.90. The average Bonchev–Trinajstić information content (AvgIpc) is 3.25. The Kier molecular flexibility index (Phi) is 6.66.